The second kappa shape index (κ2) is 12.9. The standard InChI is InChI=1S/C26H28ClN3O5S/c1-3-13-34-23-12-11-20(25(17-23)35-14-4-2)18-28-29-26(31)19-7-5-10-24(15-19)36(32,33)30-22-9-6-8-21(27)16-22/h5-12,15-18,30H,3-4,13-14H2,1-2H3,(H,29,31). The predicted molar refractivity (Wildman–Crippen MR) is 142 cm³/mol. The van der Waals surface area contributed by atoms with Gasteiger partial charge in [0.2, 0.25) is 0 Å². The van der Waals surface area contributed by atoms with Crippen molar-refractivity contribution in [3.05, 3.63) is 82.9 Å². The molecule has 10 heteroatoms. The van der Waals surface area contributed by atoms with E-state index in [1.807, 2.05) is 13.8 Å². The van der Waals surface area contributed by atoms with E-state index < -0.39 is 15.9 Å². The number of hydrazone groups is 1. The SMILES string of the molecule is CCCOc1ccc(C=NNC(=O)c2cccc(S(=O)(=O)Nc3cccc(Cl)c3)c2)c(OCCC)c1. The lowest BCUT2D eigenvalue weighted by molar-refractivity contribution is 0.0955. The Kier molecular flexibility index (Phi) is 9.72. The van der Waals surface area contributed by atoms with E-state index in [-0.39, 0.29) is 10.5 Å². The molecule has 0 spiro atoms. The summed E-state index contributed by atoms with van der Waals surface area (Å²) in [5.41, 5.74) is 3.53. The van der Waals surface area contributed by atoms with Gasteiger partial charge >= 0.3 is 0 Å². The van der Waals surface area contributed by atoms with Gasteiger partial charge in [-0.1, -0.05) is 37.6 Å². The molecule has 0 saturated carbocycles. The fourth-order valence-corrected chi connectivity index (χ4v) is 4.35. The molecule has 3 aromatic carbocycles. The number of halogens is 1. The number of sulfonamides is 1. The number of hydrogen-bond donors (Lipinski definition) is 2. The van der Waals surface area contributed by atoms with Crippen LogP contribution < -0.4 is 19.6 Å². The molecular formula is C26H28ClN3O5S. The average Bonchev–Trinajstić information content (AvgIpc) is 2.86. The number of amides is 1. The van der Waals surface area contributed by atoms with Crippen LogP contribution >= 0.6 is 11.6 Å². The lowest BCUT2D eigenvalue weighted by Crippen LogP contribution is -2.19. The van der Waals surface area contributed by atoms with Gasteiger partial charge in [-0.05, 0) is 61.4 Å². The minimum Gasteiger partial charge on any atom is -0.493 e. The molecule has 0 aromatic heterocycles. The first-order valence-corrected chi connectivity index (χ1v) is 13.3. The zero-order valence-electron chi connectivity index (χ0n) is 20.0. The van der Waals surface area contributed by atoms with Crippen LogP contribution in [0.1, 0.15) is 42.6 Å². The van der Waals surface area contributed by atoms with Gasteiger partial charge in [0.15, 0.2) is 0 Å². The molecule has 2 N–H and O–H groups in total. The van der Waals surface area contributed by atoms with Crippen LogP contribution in [0.25, 0.3) is 0 Å². The Bertz CT molecular complexity index is 1330. The fraction of sp³-hybridized carbons (Fsp3) is 0.231. The Morgan fingerprint density at radius 1 is 0.972 bits per heavy atom. The third-order valence-electron chi connectivity index (χ3n) is 4.77. The minimum atomic E-state index is -3.93. The first-order valence-electron chi connectivity index (χ1n) is 11.4. The summed E-state index contributed by atoms with van der Waals surface area (Å²) in [6, 6.07) is 17.4. The summed E-state index contributed by atoms with van der Waals surface area (Å²) in [7, 11) is -3.93. The van der Waals surface area contributed by atoms with Gasteiger partial charge in [0, 0.05) is 22.2 Å². The van der Waals surface area contributed by atoms with E-state index >= 15 is 0 Å². The number of hydrogen-bond acceptors (Lipinski definition) is 6. The van der Waals surface area contributed by atoms with Crippen LogP contribution in [0.4, 0.5) is 5.69 Å². The van der Waals surface area contributed by atoms with Crippen molar-refractivity contribution < 1.29 is 22.7 Å². The monoisotopic (exact) mass is 529 g/mol. The van der Waals surface area contributed by atoms with Gasteiger partial charge in [0.1, 0.15) is 11.5 Å². The van der Waals surface area contributed by atoms with Crippen LogP contribution in [0, 0.1) is 0 Å². The van der Waals surface area contributed by atoms with Crippen molar-refractivity contribution in [2.24, 2.45) is 5.10 Å². The van der Waals surface area contributed by atoms with Gasteiger partial charge in [-0.2, -0.15) is 5.10 Å². The molecular weight excluding hydrogens is 502 g/mol. The second-order valence-corrected chi connectivity index (χ2v) is 9.86. The molecule has 0 radical (unpaired) electrons. The molecule has 1 amide bonds. The molecule has 0 aliphatic rings. The van der Waals surface area contributed by atoms with Crippen molar-refractivity contribution in [3.8, 4) is 11.5 Å². The maximum Gasteiger partial charge on any atom is 0.271 e. The van der Waals surface area contributed by atoms with E-state index in [1.165, 1.54) is 36.5 Å². The molecule has 0 saturated heterocycles. The van der Waals surface area contributed by atoms with Crippen molar-refractivity contribution in [2.75, 3.05) is 17.9 Å². The topological polar surface area (TPSA) is 106 Å². The van der Waals surface area contributed by atoms with E-state index in [0.717, 1.165) is 12.8 Å². The highest BCUT2D eigenvalue weighted by molar-refractivity contribution is 7.92. The van der Waals surface area contributed by atoms with Gasteiger partial charge < -0.3 is 9.47 Å². The van der Waals surface area contributed by atoms with Crippen LogP contribution in [0.15, 0.2) is 76.7 Å². The molecule has 36 heavy (non-hydrogen) atoms. The molecule has 0 fully saturated rings. The summed E-state index contributed by atoms with van der Waals surface area (Å²) < 4.78 is 39.4. The van der Waals surface area contributed by atoms with E-state index in [4.69, 9.17) is 21.1 Å². The number of benzene rings is 3. The van der Waals surface area contributed by atoms with Gasteiger partial charge in [-0.3, -0.25) is 9.52 Å². The summed E-state index contributed by atoms with van der Waals surface area (Å²) in [5, 5.41) is 4.42. The maximum absolute atomic E-state index is 12.8. The lowest BCUT2D eigenvalue weighted by Gasteiger charge is -2.11. The largest absolute Gasteiger partial charge is 0.493 e. The summed E-state index contributed by atoms with van der Waals surface area (Å²) >= 11 is 5.93. The highest BCUT2D eigenvalue weighted by Gasteiger charge is 2.17. The maximum atomic E-state index is 12.8. The first-order chi connectivity index (χ1) is 17.3. The van der Waals surface area contributed by atoms with Crippen LogP contribution in [-0.4, -0.2) is 33.8 Å². The Morgan fingerprint density at radius 2 is 1.72 bits per heavy atom. The summed E-state index contributed by atoms with van der Waals surface area (Å²) in [4.78, 5) is 12.6. The Balaban J connectivity index is 1.71. The van der Waals surface area contributed by atoms with Gasteiger partial charge in [-0.15, -0.1) is 0 Å². The number of carbonyl (C=O) groups is 1. The smallest absolute Gasteiger partial charge is 0.271 e. The second-order valence-electron chi connectivity index (χ2n) is 7.74. The lowest BCUT2D eigenvalue weighted by atomic mass is 10.2. The minimum absolute atomic E-state index is 0.0722. The summed E-state index contributed by atoms with van der Waals surface area (Å²) in [6.45, 7) is 5.15. The molecule has 0 aliphatic heterocycles. The molecule has 0 atom stereocenters. The molecule has 8 nitrogen and oxygen atoms in total. The highest BCUT2D eigenvalue weighted by atomic mass is 35.5. The van der Waals surface area contributed by atoms with Crippen molar-refractivity contribution >= 4 is 39.4 Å². The third kappa shape index (κ3) is 7.73. The number of carbonyl (C=O) groups excluding carboxylic acids is 1. The predicted octanol–water partition coefficient (Wildman–Crippen LogP) is 5.48. The number of anilines is 1. The summed E-state index contributed by atoms with van der Waals surface area (Å²) in [5.74, 6) is 0.710. The molecule has 0 heterocycles. The van der Waals surface area contributed by atoms with Crippen LogP contribution in [0.5, 0.6) is 11.5 Å². The van der Waals surface area contributed by atoms with E-state index in [1.54, 1.807) is 36.4 Å². The van der Waals surface area contributed by atoms with Crippen LogP contribution in [0.3, 0.4) is 0 Å². The summed E-state index contributed by atoms with van der Waals surface area (Å²) in [6.07, 6.45) is 3.19. The molecule has 190 valence electrons. The number of nitrogens with zero attached hydrogens (tertiary/aromatic N) is 1. The average molecular weight is 530 g/mol. The van der Waals surface area contributed by atoms with Crippen LogP contribution in [-0.2, 0) is 10.0 Å². The van der Waals surface area contributed by atoms with E-state index in [0.29, 0.717) is 41.0 Å². The van der Waals surface area contributed by atoms with Crippen molar-refractivity contribution in [2.45, 2.75) is 31.6 Å². The normalized spacial score (nSPS) is 11.3. The van der Waals surface area contributed by atoms with Gasteiger partial charge in [0.05, 0.1) is 30.0 Å². The molecule has 0 bridgehead atoms. The first kappa shape index (κ1) is 27.0. The highest BCUT2D eigenvalue weighted by Crippen LogP contribution is 2.24. The van der Waals surface area contributed by atoms with Gasteiger partial charge in [-0.25, -0.2) is 13.8 Å². The number of nitrogens with one attached hydrogen (secondary N) is 2. The number of rotatable bonds is 12. The fourth-order valence-electron chi connectivity index (χ4n) is 3.06. The zero-order valence-corrected chi connectivity index (χ0v) is 21.6. The van der Waals surface area contributed by atoms with Gasteiger partial charge in [0.25, 0.3) is 15.9 Å². The zero-order chi connectivity index (χ0) is 26.0. The van der Waals surface area contributed by atoms with E-state index in [9.17, 15) is 13.2 Å². The molecule has 0 aliphatic carbocycles. The quantitative estimate of drug-likeness (QED) is 0.238. The Hall–Kier alpha value is -3.56. The molecule has 0 unspecified atom stereocenters. The Labute approximate surface area is 216 Å². The Morgan fingerprint density at radius 3 is 2.47 bits per heavy atom. The van der Waals surface area contributed by atoms with Crippen molar-refractivity contribution in [1.29, 1.82) is 0 Å². The molecule has 3 aromatic rings. The van der Waals surface area contributed by atoms with Crippen molar-refractivity contribution in [1.82, 2.24) is 5.43 Å². The third-order valence-corrected chi connectivity index (χ3v) is 6.39. The number of ether oxygens (including phenoxy) is 2. The van der Waals surface area contributed by atoms with E-state index in [2.05, 4.69) is 15.2 Å². The van der Waals surface area contributed by atoms with Crippen molar-refractivity contribution in [3.63, 3.8) is 0 Å². The van der Waals surface area contributed by atoms with Crippen LogP contribution in [0.2, 0.25) is 5.02 Å². The molecule has 3 rings (SSSR count).